The van der Waals surface area contributed by atoms with Crippen molar-refractivity contribution < 1.29 is 27.3 Å². The molecule has 1 heterocycles. The fourth-order valence-corrected chi connectivity index (χ4v) is 2.29. The maximum absolute atomic E-state index is 10.5. The summed E-state index contributed by atoms with van der Waals surface area (Å²) >= 11 is 10.1. The molecule has 6 nitrogen and oxygen atoms in total. The monoisotopic (exact) mass is 507 g/mol. The minimum atomic E-state index is -0.416. The first kappa shape index (κ1) is 18.5. The predicted octanol–water partition coefficient (Wildman–Crippen LogP) is 0.921. The number of non-ortho nitro benzene ring substituents is 1. The molecular formula is C12H14AuN4O2S2-2. The number of nitro groups is 1. The molecule has 1 aliphatic rings. The zero-order valence-electron chi connectivity index (χ0n) is 11.0. The minimum Gasteiger partial charge on any atom is -0.800 e. The van der Waals surface area contributed by atoms with Crippen LogP contribution in [0, 0.1) is 10.1 Å². The fraction of sp³-hybridized carbons (Fsp3) is 0.417. The van der Waals surface area contributed by atoms with Crippen LogP contribution in [0.25, 0.3) is 0 Å². The predicted molar refractivity (Wildman–Crippen MR) is 82.4 cm³/mol. The summed E-state index contributed by atoms with van der Waals surface area (Å²) in [6.07, 6.45) is 1.71. The molecular weight excluding hydrogens is 493 g/mol. The van der Waals surface area contributed by atoms with Gasteiger partial charge in [0, 0.05) is 60.7 Å². The Kier molecular flexibility index (Phi) is 7.78. The van der Waals surface area contributed by atoms with Crippen molar-refractivity contribution in [2.45, 2.75) is 4.71 Å². The SMILES string of the molecule is O=[N+]([O-])c1ccc(/C=N/N2CCN(C([S-])[S-])CC2)cc1.[Au]. The molecule has 1 aromatic rings. The summed E-state index contributed by atoms with van der Waals surface area (Å²) in [4.78, 5) is 12.2. The smallest absolute Gasteiger partial charge is 0.269 e. The Morgan fingerprint density at radius 2 is 1.76 bits per heavy atom. The van der Waals surface area contributed by atoms with Crippen LogP contribution in [0.15, 0.2) is 29.4 Å². The number of rotatable bonds is 4. The first-order chi connectivity index (χ1) is 9.56. The second-order valence-electron chi connectivity index (χ2n) is 4.39. The minimum absolute atomic E-state index is 0. The average molecular weight is 507 g/mol. The van der Waals surface area contributed by atoms with Gasteiger partial charge >= 0.3 is 0 Å². The van der Waals surface area contributed by atoms with Crippen LogP contribution < -0.4 is 0 Å². The van der Waals surface area contributed by atoms with E-state index >= 15 is 0 Å². The van der Waals surface area contributed by atoms with Gasteiger partial charge in [-0.15, -0.1) is 0 Å². The van der Waals surface area contributed by atoms with E-state index in [1.54, 1.807) is 18.3 Å². The summed E-state index contributed by atoms with van der Waals surface area (Å²) in [5, 5.41) is 16.9. The van der Waals surface area contributed by atoms with Gasteiger partial charge < -0.3 is 30.2 Å². The number of nitrogens with zero attached hydrogens (tertiary/aromatic N) is 4. The van der Waals surface area contributed by atoms with Crippen molar-refractivity contribution in [3.05, 3.63) is 39.9 Å². The summed E-state index contributed by atoms with van der Waals surface area (Å²) < 4.78 is -0.254. The standard InChI is InChI=1S/C12H16N4O2S2.Au/c17-16(18)11-3-1-10(2-4-11)9-13-15-7-5-14(6-8-15)12(19)20;/h1-4,9,12,19-20H,5-8H2;/p-2/b13-9+;. The zero-order valence-corrected chi connectivity index (χ0v) is 14.8. The number of nitro benzene ring substituents is 1. The van der Waals surface area contributed by atoms with Crippen molar-refractivity contribution in [2.24, 2.45) is 5.10 Å². The molecule has 21 heavy (non-hydrogen) atoms. The number of piperazine rings is 1. The third-order valence-electron chi connectivity index (χ3n) is 3.06. The van der Waals surface area contributed by atoms with Gasteiger partial charge in [-0.25, -0.2) is 4.71 Å². The van der Waals surface area contributed by atoms with Gasteiger partial charge in [0.1, 0.15) is 0 Å². The fourth-order valence-electron chi connectivity index (χ4n) is 1.87. The molecule has 0 amide bonds. The third kappa shape index (κ3) is 5.65. The van der Waals surface area contributed by atoms with E-state index < -0.39 is 4.92 Å². The Morgan fingerprint density at radius 3 is 2.24 bits per heavy atom. The zero-order chi connectivity index (χ0) is 14.5. The number of hydrazone groups is 1. The molecule has 1 fully saturated rings. The molecule has 0 aliphatic carbocycles. The van der Waals surface area contributed by atoms with E-state index in [0.717, 1.165) is 31.7 Å². The van der Waals surface area contributed by atoms with Crippen LogP contribution in [-0.2, 0) is 47.6 Å². The molecule has 0 aromatic heterocycles. The molecule has 0 spiro atoms. The van der Waals surface area contributed by atoms with Crippen LogP contribution in [0.5, 0.6) is 0 Å². The average Bonchev–Trinajstić information content (AvgIpc) is 2.46. The van der Waals surface area contributed by atoms with E-state index in [1.165, 1.54) is 12.1 Å². The maximum Gasteiger partial charge on any atom is 0.269 e. The van der Waals surface area contributed by atoms with Crippen molar-refractivity contribution in [2.75, 3.05) is 26.2 Å². The van der Waals surface area contributed by atoms with Crippen LogP contribution in [0.4, 0.5) is 5.69 Å². The maximum atomic E-state index is 10.5. The Hall–Kier alpha value is -0.510. The normalized spacial score (nSPS) is 16.2. The molecule has 0 saturated carbocycles. The van der Waals surface area contributed by atoms with E-state index in [1.807, 2.05) is 5.01 Å². The third-order valence-corrected chi connectivity index (χ3v) is 3.66. The van der Waals surface area contributed by atoms with Gasteiger partial charge in [0.05, 0.1) is 11.1 Å². The molecule has 2 rings (SSSR count). The molecule has 0 N–H and O–H groups in total. The van der Waals surface area contributed by atoms with Gasteiger partial charge in [0.2, 0.25) is 0 Å². The summed E-state index contributed by atoms with van der Waals surface area (Å²) in [6, 6.07) is 6.30. The summed E-state index contributed by atoms with van der Waals surface area (Å²) in [5.41, 5.74) is 0.917. The van der Waals surface area contributed by atoms with Gasteiger partial charge in [-0.2, -0.15) is 5.10 Å². The van der Waals surface area contributed by atoms with Crippen LogP contribution >= 0.6 is 0 Å². The molecule has 0 unspecified atom stereocenters. The molecule has 119 valence electrons. The quantitative estimate of drug-likeness (QED) is 0.199. The number of hydrogen-bond acceptors (Lipinski definition) is 7. The first-order valence-electron chi connectivity index (χ1n) is 6.15. The van der Waals surface area contributed by atoms with Crippen molar-refractivity contribution in [3.63, 3.8) is 0 Å². The van der Waals surface area contributed by atoms with Crippen molar-refractivity contribution in [1.29, 1.82) is 0 Å². The molecule has 9 heteroatoms. The van der Waals surface area contributed by atoms with E-state index in [2.05, 4.69) is 10.0 Å². The Bertz CT molecular complexity index is 491. The molecule has 1 saturated heterocycles. The Labute approximate surface area is 150 Å². The summed E-state index contributed by atoms with van der Waals surface area (Å²) in [7, 11) is 0. The topological polar surface area (TPSA) is 62.0 Å². The first-order valence-corrected chi connectivity index (χ1v) is 7.09. The van der Waals surface area contributed by atoms with Crippen LogP contribution in [0.1, 0.15) is 5.56 Å². The van der Waals surface area contributed by atoms with Gasteiger partial charge in [0.15, 0.2) is 0 Å². The van der Waals surface area contributed by atoms with E-state index in [0.29, 0.717) is 0 Å². The van der Waals surface area contributed by atoms with Crippen molar-refractivity contribution >= 4 is 37.2 Å². The summed E-state index contributed by atoms with van der Waals surface area (Å²) in [5.74, 6) is 0. The molecule has 1 aromatic carbocycles. The van der Waals surface area contributed by atoms with Crippen molar-refractivity contribution in [3.8, 4) is 0 Å². The van der Waals surface area contributed by atoms with Gasteiger partial charge in [-0.05, 0) is 17.7 Å². The second-order valence-corrected chi connectivity index (χ2v) is 5.58. The Balaban J connectivity index is 0.00000220. The molecule has 0 atom stereocenters. The number of benzene rings is 1. The van der Waals surface area contributed by atoms with Crippen LogP contribution in [0.2, 0.25) is 0 Å². The largest absolute Gasteiger partial charge is 0.800 e. The van der Waals surface area contributed by atoms with Crippen molar-refractivity contribution in [1.82, 2.24) is 9.91 Å². The van der Waals surface area contributed by atoms with E-state index in [9.17, 15) is 10.1 Å². The van der Waals surface area contributed by atoms with Crippen LogP contribution in [-0.4, -0.2) is 51.9 Å². The molecule has 1 radical (unpaired) electrons. The molecule has 0 bridgehead atoms. The van der Waals surface area contributed by atoms with Gasteiger partial charge in [-0.1, -0.05) is 0 Å². The number of hydrogen-bond donors (Lipinski definition) is 0. The van der Waals surface area contributed by atoms with Gasteiger partial charge in [-0.3, -0.25) is 15.1 Å². The van der Waals surface area contributed by atoms with E-state index in [-0.39, 0.29) is 32.8 Å². The summed E-state index contributed by atoms with van der Waals surface area (Å²) in [6.45, 7) is 3.20. The second kappa shape index (κ2) is 8.82. The molecule has 1 aliphatic heterocycles. The van der Waals surface area contributed by atoms with Crippen LogP contribution in [0.3, 0.4) is 0 Å². The van der Waals surface area contributed by atoms with Gasteiger partial charge in [0.25, 0.3) is 5.69 Å². The Morgan fingerprint density at radius 1 is 1.19 bits per heavy atom. The van der Waals surface area contributed by atoms with E-state index in [4.69, 9.17) is 25.3 Å².